The van der Waals surface area contributed by atoms with Crippen LogP contribution in [0.25, 0.3) is 0 Å². The fourth-order valence-corrected chi connectivity index (χ4v) is 1.76. The van der Waals surface area contributed by atoms with E-state index in [1.54, 1.807) is 0 Å². The summed E-state index contributed by atoms with van der Waals surface area (Å²) in [6, 6.07) is 0. The standard InChI is InChI=1S/C11H8BrF9N4O/c1-25-7(23-3-4(12)2-22)5(26-8(13)14)6(24-25)9(15,10(16,17)18)11(19,20)21/h2-3,8H,22H2,1H3/b4-2+,23-3+. The number of hydrogen-bond donors (Lipinski definition) is 1. The minimum atomic E-state index is -6.57. The van der Waals surface area contributed by atoms with Crippen LogP contribution in [0.5, 0.6) is 5.75 Å². The van der Waals surface area contributed by atoms with Crippen LogP contribution in [-0.4, -0.2) is 35.0 Å². The van der Waals surface area contributed by atoms with E-state index >= 15 is 0 Å². The maximum absolute atomic E-state index is 14.2. The van der Waals surface area contributed by atoms with Gasteiger partial charge in [-0.05, 0) is 15.9 Å². The fourth-order valence-electron chi connectivity index (χ4n) is 1.66. The number of nitrogens with two attached hydrogens (primary N) is 1. The van der Waals surface area contributed by atoms with Gasteiger partial charge in [0.15, 0.2) is 17.3 Å². The molecule has 0 aliphatic carbocycles. The second kappa shape index (κ2) is 7.36. The lowest BCUT2D eigenvalue weighted by Gasteiger charge is -2.28. The van der Waals surface area contributed by atoms with Gasteiger partial charge in [-0.2, -0.15) is 40.2 Å². The van der Waals surface area contributed by atoms with Gasteiger partial charge in [-0.1, -0.05) is 0 Å². The van der Waals surface area contributed by atoms with Gasteiger partial charge in [-0.25, -0.2) is 14.1 Å². The van der Waals surface area contributed by atoms with Crippen molar-refractivity contribution < 1.29 is 44.3 Å². The molecule has 0 saturated heterocycles. The highest BCUT2D eigenvalue weighted by Gasteiger charge is 2.76. The maximum Gasteiger partial charge on any atom is 0.437 e. The Labute approximate surface area is 147 Å². The lowest BCUT2D eigenvalue weighted by Crippen LogP contribution is -2.51. The van der Waals surface area contributed by atoms with Crippen molar-refractivity contribution in [2.75, 3.05) is 0 Å². The minimum Gasteiger partial charge on any atom is -0.429 e. The lowest BCUT2D eigenvalue weighted by molar-refractivity contribution is -0.350. The molecule has 0 aliphatic heterocycles. The van der Waals surface area contributed by atoms with Crippen LogP contribution >= 0.6 is 15.9 Å². The summed E-state index contributed by atoms with van der Waals surface area (Å²) in [7, 11) is 0.752. The topological polar surface area (TPSA) is 65.4 Å². The zero-order valence-electron chi connectivity index (χ0n) is 12.3. The van der Waals surface area contributed by atoms with E-state index in [9.17, 15) is 39.5 Å². The average Bonchev–Trinajstić information content (AvgIpc) is 2.77. The van der Waals surface area contributed by atoms with Crippen molar-refractivity contribution in [3.05, 3.63) is 16.4 Å². The SMILES string of the molecule is Cn1nc(C(F)(C(F)(F)F)C(F)(F)F)c(OC(F)F)c1/N=C/C(Br)=C\N. The predicted molar refractivity (Wildman–Crippen MR) is 74.1 cm³/mol. The van der Waals surface area contributed by atoms with Crippen LogP contribution in [0.3, 0.4) is 0 Å². The number of aryl methyl sites for hydroxylation is 1. The molecule has 1 aromatic rings. The van der Waals surface area contributed by atoms with Crippen LogP contribution in [0.4, 0.5) is 45.3 Å². The Kier molecular flexibility index (Phi) is 6.26. The van der Waals surface area contributed by atoms with Gasteiger partial charge in [0.1, 0.15) is 0 Å². The van der Waals surface area contributed by atoms with Crippen molar-refractivity contribution in [3.63, 3.8) is 0 Å². The lowest BCUT2D eigenvalue weighted by atomic mass is 9.99. The van der Waals surface area contributed by atoms with E-state index < -0.39 is 41.9 Å². The summed E-state index contributed by atoms with van der Waals surface area (Å²) in [5, 5.41) is 2.74. The first-order valence-corrected chi connectivity index (χ1v) is 6.92. The average molecular weight is 463 g/mol. The third-order valence-corrected chi connectivity index (χ3v) is 3.23. The Bertz CT molecular complexity index is 694. The number of ether oxygens (including phenoxy) is 1. The van der Waals surface area contributed by atoms with Gasteiger partial charge < -0.3 is 10.5 Å². The van der Waals surface area contributed by atoms with Crippen LogP contribution in [0.1, 0.15) is 5.69 Å². The molecule has 2 N–H and O–H groups in total. The van der Waals surface area contributed by atoms with Gasteiger partial charge >= 0.3 is 24.6 Å². The molecule has 26 heavy (non-hydrogen) atoms. The van der Waals surface area contributed by atoms with E-state index in [1.165, 1.54) is 0 Å². The van der Waals surface area contributed by atoms with Crippen LogP contribution in [0.15, 0.2) is 15.7 Å². The number of halogens is 10. The molecule has 0 aromatic carbocycles. The number of nitrogens with zero attached hydrogens (tertiary/aromatic N) is 3. The summed E-state index contributed by atoms with van der Waals surface area (Å²) in [6.45, 7) is -3.88. The van der Waals surface area contributed by atoms with E-state index in [-0.39, 0.29) is 9.16 Å². The molecule has 15 heteroatoms. The molecule has 1 aromatic heterocycles. The molecular weight excluding hydrogens is 455 g/mol. The summed E-state index contributed by atoms with van der Waals surface area (Å²) in [4.78, 5) is 3.35. The highest BCUT2D eigenvalue weighted by Crippen LogP contribution is 2.56. The largest absolute Gasteiger partial charge is 0.437 e. The van der Waals surface area contributed by atoms with E-state index in [0.29, 0.717) is 0 Å². The maximum atomic E-state index is 14.2. The second-order valence-corrected chi connectivity index (χ2v) is 5.38. The highest BCUT2D eigenvalue weighted by molar-refractivity contribution is 9.12. The Balaban J connectivity index is 3.78. The molecule has 148 valence electrons. The third kappa shape index (κ3) is 4.07. The number of hydrogen-bond acceptors (Lipinski definition) is 4. The Hall–Kier alpha value is -1.93. The summed E-state index contributed by atoms with van der Waals surface area (Å²) >= 11 is 2.78. The fraction of sp³-hybridized carbons (Fsp3) is 0.455. The van der Waals surface area contributed by atoms with Crippen LogP contribution in [0.2, 0.25) is 0 Å². The summed E-state index contributed by atoms with van der Waals surface area (Å²) in [5.74, 6) is -2.86. The van der Waals surface area contributed by atoms with Crippen LogP contribution in [0, 0.1) is 0 Å². The van der Waals surface area contributed by atoms with E-state index in [4.69, 9.17) is 5.73 Å². The Morgan fingerprint density at radius 3 is 2.08 bits per heavy atom. The molecule has 1 rings (SSSR count). The summed E-state index contributed by atoms with van der Waals surface area (Å²) in [6.07, 6.45) is -11.5. The van der Waals surface area contributed by atoms with Crippen LogP contribution in [-0.2, 0) is 12.7 Å². The summed E-state index contributed by atoms with van der Waals surface area (Å²) < 4.78 is 120. The van der Waals surface area contributed by atoms with Gasteiger partial charge in [0.2, 0.25) is 0 Å². The predicted octanol–water partition coefficient (Wildman–Crippen LogP) is 4.21. The molecule has 0 fully saturated rings. The molecule has 0 bridgehead atoms. The number of alkyl halides is 9. The molecule has 0 radical (unpaired) electrons. The monoisotopic (exact) mass is 462 g/mol. The normalized spacial score (nSPS) is 14.5. The Morgan fingerprint density at radius 2 is 1.69 bits per heavy atom. The van der Waals surface area contributed by atoms with Crippen LogP contribution < -0.4 is 10.5 Å². The van der Waals surface area contributed by atoms with Crippen molar-refractivity contribution in [1.29, 1.82) is 0 Å². The van der Waals surface area contributed by atoms with Crippen molar-refractivity contribution in [1.82, 2.24) is 9.78 Å². The zero-order chi connectivity index (χ0) is 20.5. The Morgan fingerprint density at radius 1 is 1.19 bits per heavy atom. The number of rotatable bonds is 5. The highest BCUT2D eigenvalue weighted by atomic mass is 79.9. The first kappa shape index (κ1) is 22.1. The molecule has 0 spiro atoms. The van der Waals surface area contributed by atoms with Crippen molar-refractivity contribution >= 4 is 28.0 Å². The van der Waals surface area contributed by atoms with Gasteiger partial charge in [0, 0.05) is 19.5 Å². The molecule has 0 aliphatic rings. The number of allylic oxidation sites excluding steroid dienone is 1. The number of aliphatic imine (C=N–C) groups is 1. The molecule has 1 heterocycles. The minimum absolute atomic E-state index is 0.0265. The van der Waals surface area contributed by atoms with E-state index in [2.05, 4.69) is 30.8 Å². The van der Waals surface area contributed by atoms with Gasteiger partial charge in [-0.15, -0.1) is 0 Å². The smallest absolute Gasteiger partial charge is 0.429 e. The first-order chi connectivity index (χ1) is 11.7. The molecule has 0 unspecified atom stereocenters. The molecular formula is C11H8BrF9N4O. The quantitative estimate of drug-likeness (QED) is 0.526. The molecule has 0 atom stereocenters. The van der Waals surface area contributed by atoms with Crippen molar-refractivity contribution in [2.45, 2.75) is 24.6 Å². The first-order valence-electron chi connectivity index (χ1n) is 6.13. The third-order valence-electron chi connectivity index (χ3n) is 2.76. The van der Waals surface area contributed by atoms with Gasteiger partial charge in [-0.3, -0.25) is 0 Å². The van der Waals surface area contributed by atoms with E-state index in [0.717, 1.165) is 19.5 Å². The zero-order valence-corrected chi connectivity index (χ0v) is 13.9. The van der Waals surface area contributed by atoms with Gasteiger partial charge in [0.25, 0.3) is 0 Å². The molecule has 5 nitrogen and oxygen atoms in total. The molecule has 0 amide bonds. The number of aromatic nitrogens is 2. The van der Waals surface area contributed by atoms with Crippen molar-refractivity contribution in [3.8, 4) is 5.75 Å². The van der Waals surface area contributed by atoms with Crippen molar-refractivity contribution in [2.24, 2.45) is 17.8 Å². The van der Waals surface area contributed by atoms with Gasteiger partial charge in [0.05, 0.1) is 4.48 Å². The second-order valence-electron chi connectivity index (χ2n) is 4.47. The molecule has 0 saturated carbocycles. The summed E-state index contributed by atoms with van der Waals surface area (Å²) in [5.41, 5.74) is -3.48. The van der Waals surface area contributed by atoms with E-state index in [1.807, 2.05) is 0 Å².